The van der Waals surface area contributed by atoms with E-state index in [1.807, 2.05) is 0 Å². The van der Waals surface area contributed by atoms with Gasteiger partial charge in [-0.1, -0.05) is 12.8 Å². The zero-order valence-electron chi connectivity index (χ0n) is 22.3. The lowest BCUT2D eigenvalue weighted by Crippen LogP contribution is -2.64. The summed E-state index contributed by atoms with van der Waals surface area (Å²) in [5.74, 6) is 2.30. The van der Waals surface area contributed by atoms with Crippen LogP contribution in [0.1, 0.15) is 113 Å². The maximum Gasteiger partial charge on any atom is 0.232 e. The molecule has 3 N–H and O–H groups in total. The van der Waals surface area contributed by atoms with Crippen molar-refractivity contribution in [2.75, 3.05) is 15.1 Å². The van der Waals surface area contributed by atoms with Crippen LogP contribution < -0.4 is 20.9 Å². The molecular weight excluding hydrogens is 410 g/mol. The molecule has 1 saturated carbocycles. The first kappa shape index (κ1) is 24.5. The molecule has 186 valence electrons. The predicted octanol–water partition coefficient (Wildman–Crippen LogP) is 5.26. The minimum absolute atomic E-state index is 0.0136. The van der Waals surface area contributed by atoms with Crippen molar-refractivity contribution in [1.82, 2.24) is 15.0 Å². The summed E-state index contributed by atoms with van der Waals surface area (Å²) in [6.45, 7) is 18.4. The Morgan fingerprint density at radius 2 is 1.15 bits per heavy atom. The number of piperidine rings is 2. The Kier molecular flexibility index (Phi) is 6.12. The lowest BCUT2D eigenvalue weighted by atomic mass is 9.77. The van der Waals surface area contributed by atoms with E-state index in [1.54, 1.807) is 0 Å². The van der Waals surface area contributed by atoms with Gasteiger partial charge in [0.1, 0.15) is 0 Å². The summed E-state index contributed by atoms with van der Waals surface area (Å²) < 4.78 is 0. The van der Waals surface area contributed by atoms with Crippen LogP contribution >= 0.6 is 0 Å². The van der Waals surface area contributed by atoms with Gasteiger partial charge in [-0.25, -0.2) is 0 Å². The van der Waals surface area contributed by atoms with Crippen LogP contribution in [0.25, 0.3) is 0 Å². The molecule has 3 aliphatic rings. The van der Waals surface area contributed by atoms with Gasteiger partial charge in [-0.3, -0.25) is 0 Å². The first-order valence-corrected chi connectivity index (χ1v) is 13.1. The third-order valence-corrected chi connectivity index (χ3v) is 8.22. The van der Waals surface area contributed by atoms with Crippen molar-refractivity contribution >= 4 is 17.8 Å². The van der Waals surface area contributed by atoms with E-state index in [0.29, 0.717) is 6.04 Å². The fourth-order valence-corrected chi connectivity index (χ4v) is 7.31. The van der Waals surface area contributed by atoms with Crippen LogP contribution in [0.3, 0.4) is 0 Å². The summed E-state index contributed by atoms with van der Waals surface area (Å²) in [5.41, 5.74) is 6.17. The lowest BCUT2D eigenvalue weighted by Gasteiger charge is -2.55. The van der Waals surface area contributed by atoms with Gasteiger partial charge in [-0.15, -0.1) is 0 Å². The normalized spacial score (nSPS) is 27.1. The molecule has 7 nitrogen and oxygen atoms in total. The first-order chi connectivity index (χ1) is 15.2. The van der Waals surface area contributed by atoms with E-state index in [2.05, 4.69) is 70.5 Å². The molecule has 3 fully saturated rings. The van der Waals surface area contributed by atoms with Crippen molar-refractivity contribution in [3.63, 3.8) is 0 Å². The smallest absolute Gasteiger partial charge is 0.232 e. The second-order valence-electron chi connectivity index (χ2n) is 13.3. The van der Waals surface area contributed by atoms with Crippen LogP contribution in [0.15, 0.2) is 0 Å². The maximum atomic E-state index is 6.48. The van der Waals surface area contributed by atoms with Gasteiger partial charge in [0, 0.05) is 34.2 Å². The molecule has 7 heteroatoms. The van der Waals surface area contributed by atoms with Gasteiger partial charge in [-0.2, -0.15) is 15.0 Å². The highest BCUT2D eigenvalue weighted by atomic mass is 15.4. The predicted molar refractivity (Wildman–Crippen MR) is 138 cm³/mol. The highest BCUT2D eigenvalue weighted by Crippen LogP contribution is 2.44. The maximum absolute atomic E-state index is 6.48. The van der Waals surface area contributed by atoms with Gasteiger partial charge in [0.25, 0.3) is 0 Å². The summed E-state index contributed by atoms with van der Waals surface area (Å²) in [6.07, 6.45) is 10.3. The Bertz CT molecular complexity index is 820. The van der Waals surface area contributed by atoms with Gasteiger partial charge in [0.15, 0.2) is 0 Å². The van der Waals surface area contributed by atoms with Crippen molar-refractivity contribution in [2.24, 2.45) is 5.73 Å². The zero-order chi connectivity index (χ0) is 24.2. The van der Waals surface area contributed by atoms with E-state index in [1.165, 1.54) is 32.1 Å². The van der Waals surface area contributed by atoms with Gasteiger partial charge >= 0.3 is 0 Å². The second kappa shape index (κ2) is 8.24. The quantitative estimate of drug-likeness (QED) is 0.638. The third kappa shape index (κ3) is 4.80. The Hall–Kier alpha value is -1.63. The molecule has 0 amide bonds. The number of hydrogen-bond acceptors (Lipinski definition) is 7. The molecule has 2 aliphatic heterocycles. The molecule has 0 bridgehead atoms. The molecule has 1 aliphatic carbocycles. The Morgan fingerprint density at radius 3 is 1.64 bits per heavy atom. The summed E-state index contributed by atoms with van der Waals surface area (Å²) in [4.78, 5) is 20.2. The Labute approximate surface area is 201 Å². The van der Waals surface area contributed by atoms with Crippen molar-refractivity contribution in [1.29, 1.82) is 0 Å². The van der Waals surface area contributed by atoms with E-state index >= 15 is 0 Å². The fraction of sp³-hybridized carbons (Fsp3) is 0.885. The van der Waals surface area contributed by atoms with Crippen molar-refractivity contribution in [3.8, 4) is 0 Å². The molecule has 0 atom stereocenters. The molecule has 1 aromatic heterocycles. The molecule has 33 heavy (non-hydrogen) atoms. The van der Waals surface area contributed by atoms with Crippen LogP contribution in [-0.4, -0.2) is 49.2 Å². The van der Waals surface area contributed by atoms with Crippen LogP contribution in [0.5, 0.6) is 0 Å². The number of hydrogen-bond donors (Lipinski definition) is 2. The largest absolute Gasteiger partial charge is 0.351 e. The highest BCUT2D eigenvalue weighted by Gasteiger charge is 2.47. The van der Waals surface area contributed by atoms with Gasteiger partial charge < -0.3 is 20.9 Å². The molecule has 3 heterocycles. The number of nitrogens with one attached hydrogen (secondary N) is 1. The Morgan fingerprint density at radius 1 is 0.697 bits per heavy atom. The summed E-state index contributed by atoms with van der Waals surface area (Å²) in [6, 6.07) is 0.634. The minimum Gasteiger partial charge on any atom is -0.351 e. The third-order valence-electron chi connectivity index (χ3n) is 8.22. The number of rotatable bonds is 4. The molecule has 2 saturated heterocycles. The Balaban J connectivity index is 1.83. The van der Waals surface area contributed by atoms with E-state index in [9.17, 15) is 0 Å². The molecule has 0 spiro atoms. The van der Waals surface area contributed by atoms with Crippen LogP contribution in [0.2, 0.25) is 0 Å². The second-order valence-corrected chi connectivity index (χ2v) is 13.3. The van der Waals surface area contributed by atoms with Crippen LogP contribution in [0.4, 0.5) is 17.8 Å². The first-order valence-electron chi connectivity index (χ1n) is 13.1. The van der Waals surface area contributed by atoms with E-state index in [-0.39, 0.29) is 28.2 Å². The number of nitrogens with zero attached hydrogens (tertiary/aromatic N) is 5. The zero-order valence-corrected chi connectivity index (χ0v) is 22.3. The summed E-state index contributed by atoms with van der Waals surface area (Å²) in [5, 5.41) is 3.68. The fourth-order valence-electron chi connectivity index (χ4n) is 7.31. The summed E-state index contributed by atoms with van der Waals surface area (Å²) in [7, 11) is 0. The molecular formula is C26H47N7. The molecule has 4 rings (SSSR count). The van der Waals surface area contributed by atoms with Crippen molar-refractivity contribution in [2.45, 2.75) is 147 Å². The molecule has 1 aromatic rings. The number of nitrogens with two attached hydrogens (primary N) is 1. The van der Waals surface area contributed by atoms with E-state index < -0.39 is 0 Å². The van der Waals surface area contributed by atoms with Gasteiger partial charge in [0.2, 0.25) is 17.8 Å². The molecule has 0 radical (unpaired) electrons. The van der Waals surface area contributed by atoms with Crippen molar-refractivity contribution < 1.29 is 0 Å². The van der Waals surface area contributed by atoms with Crippen molar-refractivity contribution in [3.05, 3.63) is 0 Å². The van der Waals surface area contributed by atoms with Gasteiger partial charge in [0.05, 0.1) is 0 Å². The molecule has 0 unspecified atom stereocenters. The SMILES string of the molecule is CC1(C)CCCC(C)(C)N1c1nc(NC2CCCC2)nc(N2C(C)(C)CC(N)CC2(C)C)n1. The molecule has 0 aromatic carbocycles. The van der Waals surface area contributed by atoms with Gasteiger partial charge in [-0.05, 0) is 100 Å². The monoisotopic (exact) mass is 457 g/mol. The van der Waals surface area contributed by atoms with Crippen LogP contribution in [-0.2, 0) is 0 Å². The summed E-state index contributed by atoms with van der Waals surface area (Å²) >= 11 is 0. The van der Waals surface area contributed by atoms with Crippen LogP contribution in [0, 0.1) is 0 Å². The van der Waals surface area contributed by atoms with E-state index in [0.717, 1.165) is 43.5 Å². The standard InChI is InChI=1S/C26H47N7/c1-23(2)14-11-15-24(3,4)32(23)21-29-20(28-19-12-9-10-13-19)30-22(31-21)33-25(5,6)16-18(27)17-26(33,7)8/h18-19H,9-17,27H2,1-8H3,(H,28,29,30,31). The number of aromatic nitrogens is 3. The lowest BCUT2D eigenvalue weighted by molar-refractivity contribution is 0.215. The topological polar surface area (TPSA) is 83.2 Å². The minimum atomic E-state index is -0.142. The number of anilines is 3. The highest BCUT2D eigenvalue weighted by molar-refractivity contribution is 5.52. The average molecular weight is 458 g/mol. The van der Waals surface area contributed by atoms with E-state index in [4.69, 9.17) is 20.7 Å². The average Bonchev–Trinajstić information content (AvgIpc) is 3.10.